The fourth-order valence-corrected chi connectivity index (χ4v) is 4.18. The van der Waals surface area contributed by atoms with Crippen molar-refractivity contribution in [2.75, 3.05) is 26.2 Å². The quantitative estimate of drug-likeness (QED) is 0.494. The highest BCUT2D eigenvalue weighted by molar-refractivity contribution is 6.42. The van der Waals surface area contributed by atoms with Crippen LogP contribution in [0.5, 0.6) is 5.75 Å². The number of nitrogens with zero attached hydrogens (tertiary/aromatic N) is 1. The maximum atomic E-state index is 12.5. The van der Waals surface area contributed by atoms with Crippen LogP contribution in [-0.2, 0) is 0 Å². The smallest absolute Gasteiger partial charge is 0.253 e. The molecule has 1 atom stereocenters. The van der Waals surface area contributed by atoms with E-state index < -0.39 is 6.10 Å². The van der Waals surface area contributed by atoms with E-state index in [1.807, 2.05) is 30.5 Å². The fourth-order valence-electron chi connectivity index (χ4n) is 3.89. The van der Waals surface area contributed by atoms with E-state index in [2.05, 4.69) is 15.2 Å². The van der Waals surface area contributed by atoms with Crippen LogP contribution in [0.2, 0.25) is 10.0 Å². The van der Waals surface area contributed by atoms with Crippen molar-refractivity contribution in [1.29, 1.82) is 0 Å². The first-order valence-electron chi connectivity index (χ1n) is 10.4. The summed E-state index contributed by atoms with van der Waals surface area (Å²) in [6, 6.07) is 12.8. The lowest BCUT2D eigenvalue weighted by atomic mass is 10.1. The van der Waals surface area contributed by atoms with Crippen LogP contribution in [0.15, 0.2) is 48.7 Å². The number of aliphatic hydroxyl groups is 1. The number of piperidine rings is 1. The zero-order valence-corrected chi connectivity index (χ0v) is 18.5. The van der Waals surface area contributed by atoms with E-state index in [1.165, 1.54) is 0 Å². The summed E-state index contributed by atoms with van der Waals surface area (Å²) in [6.45, 7) is 2.35. The number of rotatable bonds is 7. The van der Waals surface area contributed by atoms with E-state index in [-0.39, 0.29) is 18.6 Å². The molecule has 1 aliphatic heterocycles. The molecule has 0 radical (unpaired) electrons. The van der Waals surface area contributed by atoms with E-state index in [0.29, 0.717) is 27.9 Å². The van der Waals surface area contributed by atoms with Crippen LogP contribution in [0.25, 0.3) is 10.9 Å². The number of aromatic nitrogens is 1. The number of fused-ring (bicyclic) bond motifs is 1. The highest BCUT2D eigenvalue weighted by Crippen LogP contribution is 2.28. The predicted molar refractivity (Wildman–Crippen MR) is 123 cm³/mol. The summed E-state index contributed by atoms with van der Waals surface area (Å²) >= 11 is 12.0. The zero-order chi connectivity index (χ0) is 21.8. The largest absolute Gasteiger partial charge is 0.490 e. The number of hydrogen-bond acceptors (Lipinski definition) is 4. The van der Waals surface area contributed by atoms with E-state index in [9.17, 15) is 9.90 Å². The molecule has 1 fully saturated rings. The highest BCUT2D eigenvalue weighted by atomic mass is 35.5. The van der Waals surface area contributed by atoms with Crippen LogP contribution < -0.4 is 10.1 Å². The molecule has 0 unspecified atom stereocenters. The van der Waals surface area contributed by atoms with E-state index in [4.69, 9.17) is 27.9 Å². The molecule has 6 nitrogen and oxygen atoms in total. The summed E-state index contributed by atoms with van der Waals surface area (Å²) in [5, 5.41) is 15.2. The lowest BCUT2D eigenvalue weighted by Gasteiger charge is -2.33. The molecule has 3 aromatic rings. The Morgan fingerprint density at radius 1 is 1.19 bits per heavy atom. The minimum Gasteiger partial charge on any atom is -0.490 e. The van der Waals surface area contributed by atoms with Crippen molar-refractivity contribution in [2.24, 2.45) is 0 Å². The number of ether oxygens (including phenoxy) is 1. The third kappa shape index (κ3) is 5.52. The Morgan fingerprint density at radius 3 is 2.77 bits per heavy atom. The van der Waals surface area contributed by atoms with Gasteiger partial charge in [-0.3, -0.25) is 4.79 Å². The Balaban J connectivity index is 1.21. The number of H-pyrrole nitrogens is 1. The molecule has 31 heavy (non-hydrogen) atoms. The summed E-state index contributed by atoms with van der Waals surface area (Å²) in [7, 11) is 0. The van der Waals surface area contributed by atoms with Gasteiger partial charge >= 0.3 is 0 Å². The molecule has 0 aliphatic carbocycles. The lowest BCUT2D eigenvalue weighted by molar-refractivity contribution is 0.0594. The maximum Gasteiger partial charge on any atom is 0.253 e. The van der Waals surface area contributed by atoms with Crippen molar-refractivity contribution >= 4 is 40.0 Å². The molecule has 0 bridgehead atoms. The minimum absolute atomic E-state index is 0.103. The van der Waals surface area contributed by atoms with Gasteiger partial charge in [-0.2, -0.15) is 0 Å². The number of carbonyl (C=O) groups is 1. The number of hydrogen-bond donors (Lipinski definition) is 3. The number of halogens is 2. The SMILES string of the molecule is O=C(NC[C@@H](O)CN1CCC(Oc2ccc(Cl)c(Cl)c2)CC1)c1cccc2cc[nH]c12. The number of aliphatic hydroxyl groups excluding tert-OH is 1. The second-order valence-electron chi connectivity index (χ2n) is 7.81. The van der Waals surface area contributed by atoms with Gasteiger partial charge in [0.05, 0.1) is 27.2 Å². The number of aromatic amines is 1. The zero-order valence-electron chi connectivity index (χ0n) is 17.0. The van der Waals surface area contributed by atoms with Crippen molar-refractivity contribution in [3.8, 4) is 5.75 Å². The molecule has 1 saturated heterocycles. The van der Waals surface area contributed by atoms with Crippen LogP contribution in [0, 0.1) is 0 Å². The van der Waals surface area contributed by atoms with Crippen molar-refractivity contribution in [1.82, 2.24) is 15.2 Å². The second kappa shape index (κ2) is 9.92. The Bertz CT molecular complexity index is 1050. The number of para-hydroxylation sites is 1. The molecule has 3 N–H and O–H groups in total. The summed E-state index contributed by atoms with van der Waals surface area (Å²) in [4.78, 5) is 17.8. The Labute approximate surface area is 191 Å². The van der Waals surface area contributed by atoms with Crippen molar-refractivity contribution in [2.45, 2.75) is 25.0 Å². The van der Waals surface area contributed by atoms with Gasteiger partial charge in [0, 0.05) is 43.8 Å². The van der Waals surface area contributed by atoms with Gasteiger partial charge in [-0.25, -0.2) is 0 Å². The number of carbonyl (C=O) groups excluding carboxylic acids is 1. The highest BCUT2D eigenvalue weighted by Gasteiger charge is 2.23. The Morgan fingerprint density at radius 2 is 2.00 bits per heavy atom. The minimum atomic E-state index is -0.640. The van der Waals surface area contributed by atoms with Crippen molar-refractivity contribution < 1.29 is 14.6 Å². The molecular weight excluding hydrogens is 437 g/mol. The lowest BCUT2D eigenvalue weighted by Crippen LogP contribution is -2.45. The number of benzene rings is 2. The maximum absolute atomic E-state index is 12.5. The number of amides is 1. The first-order valence-corrected chi connectivity index (χ1v) is 11.1. The fraction of sp³-hybridized carbons (Fsp3) is 0.348. The van der Waals surface area contributed by atoms with E-state index >= 15 is 0 Å². The van der Waals surface area contributed by atoms with Crippen molar-refractivity contribution in [3.05, 3.63) is 64.3 Å². The van der Waals surface area contributed by atoms with Gasteiger partial charge in [0.15, 0.2) is 0 Å². The van der Waals surface area contributed by atoms with E-state index in [0.717, 1.165) is 36.8 Å². The summed E-state index contributed by atoms with van der Waals surface area (Å²) in [5.74, 6) is 0.522. The van der Waals surface area contributed by atoms with Crippen LogP contribution in [0.4, 0.5) is 0 Å². The Hall–Kier alpha value is -2.25. The van der Waals surface area contributed by atoms with E-state index in [1.54, 1.807) is 18.2 Å². The number of nitrogens with one attached hydrogen (secondary N) is 2. The Kier molecular flexibility index (Phi) is 7.02. The second-order valence-corrected chi connectivity index (χ2v) is 8.62. The van der Waals surface area contributed by atoms with Gasteiger partial charge in [0.1, 0.15) is 11.9 Å². The molecule has 164 valence electrons. The topological polar surface area (TPSA) is 77.6 Å². The van der Waals surface area contributed by atoms with Crippen LogP contribution >= 0.6 is 23.2 Å². The van der Waals surface area contributed by atoms with Crippen molar-refractivity contribution in [3.63, 3.8) is 0 Å². The van der Waals surface area contributed by atoms with Crippen LogP contribution in [-0.4, -0.2) is 59.3 Å². The van der Waals surface area contributed by atoms with Gasteiger partial charge in [-0.1, -0.05) is 35.3 Å². The first kappa shape index (κ1) is 22.0. The standard InChI is InChI=1S/C23H25Cl2N3O3/c24-20-5-4-18(12-21(20)25)31-17-7-10-28(11-8-17)14-16(29)13-27-23(30)19-3-1-2-15-6-9-26-22(15)19/h1-6,9,12,16-17,26,29H,7-8,10-11,13-14H2,(H,27,30)/t16-/m1/s1. The number of β-amino-alcohol motifs (C(OH)–C–C–N with tert-alkyl or cyclic N) is 1. The summed E-state index contributed by atoms with van der Waals surface area (Å²) in [6.07, 6.45) is 2.99. The molecule has 4 rings (SSSR count). The molecular formula is C23H25Cl2N3O3. The molecule has 1 aliphatic rings. The molecule has 2 heterocycles. The molecule has 2 aromatic carbocycles. The molecule has 0 spiro atoms. The normalized spacial score (nSPS) is 16.4. The molecule has 0 saturated carbocycles. The first-order chi connectivity index (χ1) is 15.0. The molecule has 8 heteroatoms. The summed E-state index contributed by atoms with van der Waals surface area (Å²) < 4.78 is 6.01. The van der Waals surface area contributed by atoms with Gasteiger partial charge in [-0.15, -0.1) is 0 Å². The third-order valence-corrected chi connectivity index (χ3v) is 6.27. The molecule has 1 amide bonds. The summed E-state index contributed by atoms with van der Waals surface area (Å²) in [5.41, 5.74) is 1.38. The molecule has 1 aromatic heterocycles. The predicted octanol–water partition coefficient (Wildman–Crippen LogP) is 4.11. The average Bonchev–Trinajstić information content (AvgIpc) is 3.25. The number of likely N-dealkylation sites (tertiary alicyclic amines) is 1. The monoisotopic (exact) mass is 461 g/mol. The third-order valence-electron chi connectivity index (χ3n) is 5.53. The van der Waals surface area contributed by atoms with Crippen LogP contribution in [0.1, 0.15) is 23.2 Å². The van der Waals surface area contributed by atoms with Gasteiger partial charge in [0.2, 0.25) is 0 Å². The van der Waals surface area contributed by atoms with Crippen LogP contribution in [0.3, 0.4) is 0 Å². The van der Waals surface area contributed by atoms with Gasteiger partial charge in [0.25, 0.3) is 5.91 Å². The average molecular weight is 462 g/mol. The van der Waals surface area contributed by atoms with Gasteiger partial charge < -0.3 is 25.0 Å². The van der Waals surface area contributed by atoms with Gasteiger partial charge in [-0.05, 0) is 37.1 Å².